The molecule has 1 aromatic carbocycles. The molecule has 0 saturated heterocycles. The molecular weight excluding hydrogens is 224 g/mol. The highest BCUT2D eigenvalue weighted by molar-refractivity contribution is 5.78. The van der Waals surface area contributed by atoms with Gasteiger partial charge < -0.3 is 11.1 Å². The summed E-state index contributed by atoms with van der Waals surface area (Å²) >= 11 is 0. The van der Waals surface area contributed by atoms with Crippen LogP contribution in [0.4, 0.5) is 0 Å². The van der Waals surface area contributed by atoms with Gasteiger partial charge in [0.05, 0.1) is 0 Å². The molecule has 0 aliphatic heterocycles. The predicted molar refractivity (Wildman–Crippen MR) is 75.5 cm³/mol. The van der Waals surface area contributed by atoms with Crippen molar-refractivity contribution in [2.75, 3.05) is 13.1 Å². The van der Waals surface area contributed by atoms with Gasteiger partial charge in [-0.05, 0) is 49.9 Å². The number of carbonyl (C=O) groups excluding carboxylic acids is 1. The molecule has 100 valence electrons. The first kappa shape index (κ1) is 14.7. The van der Waals surface area contributed by atoms with Gasteiger partial charge in [-0.2, -0.15) is 0 Å². The number of hydrogen-bond acceptors (Lipinski definition) is 2. The van der Waals surface area contributed by atoms with Gasteiger partial charge >= 0.3 is 0 Å². The van der Waals surface area contributed by atoms with E-state index in [-0.39, 0.29) is 11.8 Å². The topological polar surface area (TPSA) is 55.1 Å². The fourth-order valence-electron chi connectivity index (χ4n) is 1.84. The van der Waals surface area contributed by atoms with Crippen molar-refractivity contribution in [3.05, 3.63) is 34.9 Å². The summed E-state index contributed by atoms with van der Waals surface area (Å²) in [6.45, 7) is 7.39. The average molecular weight is 248 g/mol. The number of benzene rings is 1. The number of amides is 1. The van der Waals surface area contributed by atoms with Crippen LogP contribution in [0.5, 0.6) is 0 Å². The van der Waals surface area contributed by atoms with Crippen molar-refractivity contribution in [3.8, 4) is 0 Å². The van der Waals surface area contributed by atoms with E-state index in [1.807, 2.05) is 6.92 Å². The first-order valence-corrected chi connectivity index (χ1v) is 6.58. The Morgan fingerprint density at radius 3 is 2.67 bits per heavy atom. The van der Waals surface area contributed by atoms with Crippen molar-refractivity contribution < 1.29 is 4.79 Å². The van der Waals surface area contributed by atoms with E-state index in [0.717, 1.165) is 12.8 Å². The molecule has 1 atom stereocenters. The quantitative estimate of drug-likeness (QED) is 0.808. The van der Waals surface area contributed by atoms with Gasteiger partial charge in [-0.3, -0.25) is 4.79 Å². The van der Waals surface area contributed by atoms with E-state index in [1.165, 1.54) is 16.7 Å². The van der Waals surface area contributed by atoms with E-state index in [4.69, 9.17) is 5.73 Å². The Labute approximate surface area is 110 Å². The molecule has 0 spiro atoms. The van der Waals surface area contributed by atoms with Gasteiger partial charge in [-0.15, -0.1) is 0 Å². The van der Waals surface area contributed by atoms with Gasteiger partial charge in [0.2, 0.25) is 5.91 Å². The van der Waals surface area contributed by atoms with Gasteiger partial charge in [0.1, 0.15) is 0 Å². The molecule has 1 unspecified atom stereocenters. The Hall–Kier alpha value is -1.35. The zero-order chi connectivity index (χ0) is 13.5. The van der Waals surface area contributed by atoms with E-state index in [0.29, 0.717) is 13.1 Å². The third-order valence-corrected chi connectivity index (χ3v) is 3.33. The molecule has 0 heterocycles. The van der Waals surface area contributed by atoms with Crippen LogP contribution in [0.3, 0.4) is 0 Å². The number of nitrogens with one attached hydrogen (secondary N) is 1. The normalized spacial score (nSPS) is 12.2. The minimum Gasteiger partial charge on any atom is -0.356 e. The molecular formula is C15H24N2O. The largest absolute Gasteiger partial charge is 0.356 e. The smallest absolute Gasteiger partial charge is 0.222 e. The van der Waals surface area contributed by atoms with Crippen LogP contribution in [0.25, 0.3) is 0 Å². The van der Waals surface area contributed by atoms with Crippen molar-refractivity contribution in [2.24, 2.45) is 11.7 Å². The average Bonchev–Trinajstić information content (AvgIpc) is 2.34. The summed E-state index contributed by atoms with van der Waals surface area (Å²) in [4.78, 5) is 11.7. The van der Waals surface area contributed by atoms with E-state index in [9.17, 15) is 4.79 Å². The van der Waals surface area contributed by atoms with Crippen molar-refractivity contribution in [3.63, 3.8) is 0 Å². The lowest BCUT2D eigenvalue weighted by Crippen LogP contribution is -2.31. The number of hydrogen-bond donors (Lipinski definition) is 2. The van der Waals surface area contributed by atoms with Gasteiger partial charge in [0, 0.05) is 12.5 Å². The predicted octanol–water partition coefficient (Wildman–Crippen LogP) is 1.95. The van der Waals surface area contributed by atoms with Crippen molar-refractivity contribution >= 4 is 5.91 Å². The maximum absolute atomic E-state index is 11.7. The van der Waals surface area contributed by atoms with Crippen LogP contribution in [-0.4, -0.2) is 19.0 Å². The molecule has 3 nitrogen and oxygen atoms in total. The summed E-state index contributed by atoms with van der Waals surface area (Å²) in [6.07, 6.45) is 1.62. The van der Waals surface area contributed by atoms with Crippen molar-refractivity contribution in [1.82, 2.24) is 5.32 Å². The van der Waals surface area contributed by atoms with Gasteiger partial charge in [-0.1, -0.05) is 25.1 Å². The highest BCUT2D eigenvalue weighted by atomic mass is 16.1. The van der Waals surface area contributed by atoms with Crippen LogP contribution in [-0.2, 0) is 11.2 Å². The van der Waals surface area contributed by atoms with Crippen LogP contribution < -0.4 is 11.1 Å². The lowest BCUT2D eigenvalue weighted by Gasteiger charge is -2.11. The molecule has 3 N–H and O–H groups in total. The summed E-state index contributed by atoms with van der Waals surface area (Å²) < 4.78 is 0. The Kier molecular flexibility index (Phi) is 5.86. The molecule has 0 fully saturated rings. The van der Waals surface area contributed by atoms with Crippen LogP contribution in [0.2, 0.25) is 0 Å². The standard InChI is InChI=1S/C15H24N2O/c1-11-4-5-14(10-13(11)3)7-9-17-15(18)12(2)6-8-16/h4-5,10,12H,6-9,16H2,1-3H3,(H,17,18). The Morgan fingerprint density at radius 2 is 2.06 bits per heavy atom. The monoisotopic (exact) mass is 248 g/mol. The molecule has 0 saturated carbocycles. The molecule has 1 aromatic rings. The van der Waals surface area contributed by atoms with Crippen LogP contribution in [0, 0.1) is 19.8 Å². The molecule has 0 aliphatic rings. The number of rotatable bonds is 6. The minimum absolute atomic E-state index is 0.00903. The molecule has 0 aromatic heterocycles. The molecule has 0 aliphatic carbocycles. The molecule has 3 heteroatoms. The Morgan fingerprint density at radius 1 is 1.33 bits per heavy atom. The summed E-state index contributed by atoms with van der Waals surface area (Å²) in [5, 5.41) is 2.96. The third-order valence-electron chi connectivity index (χ3n) is 3.33. The fraction of sp³-hybridized carbons (Fsp3) is 0.533. The first-order valence-electron chi connectivity index (χ1n) is 6.58. The number of carbonyl (C=O) groups is 1. The zero-order valence-electron chi connectivity index (χ0n) is 11.6. The lowest BCUT2D eigenvalue weighted by molar-refractivity contribution is -0.124. The van der Waals surface area contributed by atoms with E-state index in [1.54, 1.807) is 0 Å². The summed E-state index contributed by atoms with van der Waals surface area (Å²) in [7, 11) is 0. The molecule has 0 radical (unpaired) electrons. The number of aryl methyl sites for hydroxylation is 2. The summed E-state index contributed by atoms with van der Waals surface area (Å²) in [5.41, 5.74) is 9.31. The second-order valence-corrected chi connectivity index (χ2v) is 4.94. The molecule has 1 rings (SSSR count). The van der Waals surface area contributed by atoms with E-state index < -0.39 is 0 Å². The SMILES string of the molecule is Cc1ccc(CCNC(=O)C(C)CCN)cc1C. The summed E-state index contributed by atoms with van der Waals surface area (Å²) in [5.74, 6) is 0.110. The van der Waals surface area contributed by atoms with Crippen LogP contribution >= 0.6 is 0 Å². The second-order valence-electron chi connectivity index (χ2n) is 4.94. The minimum atomic E-state index is 0.00903. The van der Waals surface area contributed by atoms with Crippen LogP contribution in [0.1, 0.15) is 30.0 Å². The highest BCUT2D eigenvalue weighted by Crippen LogP contribution is 2.10. The second kappa shape index (κ2) is 7.17. The van der Waals surface area contributed by atoms with Gasteiger partial charge in [0.25, 0.3) is 0 Å². The Bertz CT molecular complexity index is 401. The molecule has 1 amide bonds. The molecule has 0 bridgehead atoms. The zero-order valence-corrected chi connectivity index (χ0v) is 11.6. The summed E-state index contributed by atoms with van der Waals surface area (Å²) in [6, 6.07) is 6.44. The maximum atomic E-state index is 11.7. The maximum Gasteiger partial charge on any atom is 0.222 e. The van der Waals surface area contributed by atoms with Crippen molar-refractivity contribution in [2.45, 2.75) is 33.6 Å². The molecule has 18 heavy (non-hydrogen) atoms. The third kappa shape index (κ3) is 4.49. The first-order chi connectivity index (χ1) is 8.54. The van der Waals surface area contributed by atoms with Crippen LogP contribution in [0.15, 0.2) is 18.2 Å². The van der Waals surface area contributed by atoms with Gasteiger partial charge in [0.15, 0.2) is 0 Å². The number of nitrogens with two attached hydrogens (primary N) is 1. The van der Waals surface area contributed by atoms with E-state index >= 15 is 0 Å². The lowest BCUT2D eigenvalue weighted by atomic mass is 10.0. The Balaban J connectivity index is 2.37. The van der Waals surface area contributed by atoms with Crippen molar-refractivity contribution in [1.29, 1.82) is 0 Å². The fourth-order valence-corrected chi connectivity index (χ4v) is 1.84. The highest BCUT2D eigenvalue weighted by Gasteiger charge is 2.10. The van der Waals surface area contributed by atoms with Gasteiger partial charge in [-0.25, -0.2) is 0 Å². The van der Waals surface area contributed by atoms with E-state index in [2.05, 4.69) is 37.4 Å².